The first-order valence-corrected chi connectivity index (χ1v) is 4.42. The highest BCUT2D eigenvalue weighted by Gasteiger charge is 2.24. The van der Waals surface area contributed by atoms with Gasteiger partial charge in [-0.2, -0.15) is 5.10 Å². The molecule has 1 rings (SSSR count). The van der Waals surface area contributed by atoms with E-state index in [1.807, 2.05) is 23.8 Å². The van der Waals surface area contributed by atoms with E-state index in [9.17, 15) is 0 Å². The van der Waals surface area contributed by atoms with Gasteiger partial charge in [0, 0.05) is 12.5 Å². The van der Waals surface area contributed by atoms with Crippen LogP contribution in [0.25, 0.3) is 0 Å². The van der Waals surface area contributed by atoms with E-state index in [2.05, 4.69) is 25.9 Å². The monoisotopic (exact) mass is 158 g/mol. The van der Waals surface area contributed by atoms with Crippen LogP contribution in [-0.4, -0.2) is 23.0 Å². The lowest BCUT2D eigenvalue weighted by molar-refractivity contribution is 0.422. The fraction of sp³-hybridized carbons (Fsp3) is 0.857. The molecule has 0 saturated heterocycles. The largest absolute Gasteiger partial charge is 0.289 e. The molecule has 0 aromatic heterocycles. The standard InChI is InChI=1S/C7H14N2S/c1-7(2,3)6-8-9(4)5-10-6/h5H2,1-4H3. The van der Waals surface area contributed by atoms with E-state index in [1.54, 1.807) is 0 Å². The third-order valence-electron chi connectivity index (χ3n) is 1.29. The summed E-state index contributed by atoms with van der Waals surface area (Å²) in [7, 11) is 2.01. The van der Waals surface area contributed by atoms with Gasteiger partial charge < -0.3 is 0 Å². The Kier molecular flexibility index (Phi) is 1.95. The zero-order valence-corrected chi connectivity index (χ0v) is 7.83. The van der Waals surface area contributed by atoms with Gasteiger partial charge in [-0.25, -0.2) is 0 Å². The summed E-state index contributed by atoms with van der Waals surface area (Å²) in [5.41, 5.74) is 0.232. The minimum atomic E-state index is 0.232. The minimum absolute atomic E-state index is 0.232. The van der Waals surface area contributed by atoms with E-state index in [0.717, 1.165) is 5.88 Å². The maximum absolute atomic E-state index is 4.37. The second-order valence-corrected chi connectivity index (χ2v) is 4.52. The highest BCUT2D eigenvalue weighted by Crippen LogP contribution is 2.29. The maximum atomic E-state index is 4.37. The molecule has 0 spiro atoms. The van der Waals surface area contributed by atoms with Crippen LogP contribution < -0.4 is 0 Å². The summed E-state index contributed by atoms with van der Waals surface area (Å²) in [6.45, 7) is 6.58. The highest BCUT2D eigenvalue weighted by molar-refractivity contribution is 8.14. The van der Waals surface area contributed by atoms with Gasteiger partial charge in [0.1, 0.15) is 5.04 Å². The van der Waals surface area contributed by atoms with Crippen LogP contribution in [0.4, 0.5) is 0 Å². The first-order chi connectivity index (χ1) is 4.50. The van der Waals surface area contributed by atoms with E-state index >= 15 is 0 Å². The summed E-state index contributed by atoms with van der Waals surface area (Å²) >= 11 is 1.83. The molecule has 2 nitrogen and oxygen atoms in total. The molecule has 1 aliphatic rings. The van der Waals surface area contributed by atoms with Crippen molar-refractivity contribution in [2.45, 2.75) is 20.8 Å². The number of nitrogens with zero attached hydrogens (tertiary/aromatic N) is 2. The number of hydrazone groups is 1. The van der Waals surface area contributed by atoms with Gasteiger partial charge in [-0.15, -0.1) is 0 Å². The van der Waals surface area contributed by atoms with E-state index < -0.39 is 0 Å². The van der Waals surface area contributed by atoms with E-state index in [1.165, 1.54) is 5.04 Å². The smallest absolute Gasteiger partial charge is 0.100 e. The zero-order valence-electron chi connectivity index (χ0n) is 7.01. The van der Waals surface area contributed by atoms with E-state index in [-0.39, 0.29) is 5.41 Å². The molecular weight excluding hydrogens is 144 g/mol. The van der Waals surface area contributed by atoms with Crippen molar-refractivity contribution in [2.24, 2.45) is 10.5 Å². The van der Waals surface area contributed by atoms with E-state index in [0.29, 0.717) is 0 Å². The van der Waals surface area contributed by atoms with Crippen LogP contribution in [0.3, 0.4) is 0 Å². The third-order valence-corrected chi connectivity index (χ3v) is 2.76. The number of hydrogen-bond acceptors (Lipinski definition) is 3. The van der Waals surface area contributed by atoms with Crippen LogP contribution in [-0.2, 0) is 0 Å². The Morgan fingerprint density at radius 3 is 2.30 bits per heavy atom. The van der Waals surface area contributed by atoms with Crippen molar-refractivity contribution in [1.82, 2.24) is 5.01 Å². The first-order valence-electron chi connectivity index (χ1n) is 3.43. The summed E-state index contributed by atoms with van der Waals surface area (Å²) in [6.07, 6.45) is 0. The molecule has 3 heteroatoms. The summed E-state index contributed by atoms with van der Waals surface area (Å²) in [6, 6.07) is 0. The molecule has 1 heterocycles. The second-order valence-electron chi connectivity index (χ2n) is 3.59. The quantitative estimate of drug-likeness (QED) is 0.535. The SMILES string of the molecule is CN1CSC(C(C)(C)C)=N1. The summed E-state index contributed by atoms with van der Waals surface area (Å²) in [5.74, 6) is 1.01. The van der Waals surface area contributed by atoms with Gasteiger partial charge in [0.25, 0.3) is 0 Å². The van der Waals surface area contributed by atoms with Crippen LogP contribution in [0, 0.1) is 5.41 Å². The lowest BCUT2D eigenvalue weighted by Crippen LogP contribution is -2.15. The number of hydrogen-bond donors (Lipinski definition) is 0. The molecule has 0 amide bonds. The van der Waals surface area contributed by atoms with Gasteiger partial charge in [0.05, 0.1) is 5.88 Å². The normalized spacial score (nSPS) is 19.6. The van der Waals surface area contributed by atoms with Gasteiger partial charge in [-0.05, 0) is 0 Å². The number of thioether (sulfide) groups is 1. The van der Waals surface area contributed by atoms with Crippen LogP contribution >= 0.6 is 11.8 Å². The Morgan fingerprint density at radius 1 is 1.50 bits per heavy atom. The van der Waals surface area contributed by atoms with Crippen molar-refractivity contribution in [3.8, 4) is 0 Å². The molecule has 0 saturated carbocycles. The minimum Gasteiger partial charge on any atom is -0.289 e. The molecule has 0 bridgehead atoms. The Morgan fingerprint density at radius 2 is 2.10 bits per heavy atom. The number of rotatable bonds is 0. The summed E-state index contributed by atoms with van der Waals surface area (Å²) < 4.78 is 0. The van der Waals surface area contributed by atoms with Crippen molar-refractivity contribution in [3.05, 3.63) is 0 Å². The molecule has 10 heavy (non-hydrogen) atoms. The van der Waals surface area contributed by atoms with Gasteiger partial charge in [-0.1, -0.05) is 32.5 Å². The van der Waals surface area contributed by atoms with Crippen molar-refractivity contribution in [3.63, 3.8) is 0 Å². The lowest BCUT2D eigenvalue weighted by atomic mass is 9.99. The van der Waals surface area contributed by atoms with Crippen molar-refractivity contribution < 1.29 is 0 Å². The molecule has 1 aliphatic heterocycles. The molecule has 0 fully saturated rings. The first kappa shape index (κ1) is 7.92. The van der Waals surface area contributed by atoms with Gasteiger partial charge in [0.15, 0.2) is 0 Å². The van der Waals surface area contributed by atoms with Crippen molar-refractivity contribution >= 4 is 16.8 Å². The molecule has 0 radical (unpaired) electrons. The average molecular weight is 158 g/mol. The lowest BCUT2D eigenvalue weighted by Gasteiger charge is -2.15. The third kappa shape index (κ3) is 1.66. The van der Waals surface area contributed by atoms with Crippen LogP contribution in [0.1, 0.15) is 20.8 Å². The zero-order chi connectivity index (χ0) is 7.78. The Bertz CT molecular complexity index is 157. The Labute approximate surface area is 66.7 Å². The molecular formula is C7H14N2S. The highest BCUT2D eigenvalue weighted by atomic mass is 32.2. The average Bonchev–Trinajstić information content (AvgIpc) is 2.11. The predicted octanol–water partition coefficient (Wildman–Crippen LogP) is 1.98. The topological polar surface area (TPSA) is 15.6 Å². The molecule has 0 atom stereocenters. The van der Waals surface area contributed by atoms with Gasteiger partial charge in [0.2, 0.25) is 0 Å². The molecule has 58 valence electrons. The Balaban J connectivity index is 2.67. The van der Waals surface area contributed by atoms with Crippen molar-refractivity contribution in [1.29, 1.82) is 0 Å². The van der Waals surface area contributed by atoms with E-state index in [4.69, 9.17) is 0 Å². The van der Waals surface area contributed by atoms with Crippen molar-refractivity contribution in [2.75, 3.05) is 12.9 Å². The molecule has 0 N–H and O–H groups in total. The second kappa shape index (κ2) is 2.46. The summed E-state index contributed by atoms with van der Waals surface area (Å²) in [5, 5.41) is 7.60. The molecule has 0 unspecified atom stereocenters. The fourth-order valence-corrected chi connectivity index (χ4v) is 1.73. The molecule has 0 aromatic rings. The fourth-order valence-electron chi connectivity index (χ4n) is 0.734. The molecule has 0 aliphatic carbocycles. The molecule has 0 aromatic carbocycles. The van der Waals surface area contributed by atoms with Crippen LogP contribution in [0.2, 0.25) is 0 Å². The van der Waals surface area contributed by atoms with Gasteiger partial charge in [-0.3, -0.25) is 5.01 Å². The summed E-state index contributed by atoms with van der Waals surface area (Å²) in [4.78, 5) is 0. The van der Waals surface area contributed by atoms with Crippen LogP contribution in [0.5, 0.6) is 0 Å². The van der Waals surface area contributed by atoms with Gasteiger partial charge >= 0.3 is 0 Å². The maximum Gasteiger partial charge on any atom is 0.100 e. The van der Waals surface area contributed by atoms with Crippen LogP contribution in [0.15, 0.2) is 5.10 Å². The Hall–Kier alpha value is -0.180. The predicted molar refractivity (Wildman–Crippen MR) is 47.1 cm³/mol.